The van der Waals surface area contributed by atoms with E-state index in [4.69, 9.17) is 15.1 Å². The van der Waals surface area contributed by atoms with Gasteiger partial charge in [0.1, 0.15) is 4.91 Å². The van der Waals surface area contributed by atoms with Crippen molar-refractivity contribution in [2.45, 2.75) is 0 Å². The van der Waals surface area contributed by atoms with Gasteiger partial charge in [0, 0.05) is 21.1 Å². The van der Waals surface area contributed by atoms with E-state index < -0.39 is 0 Å². The van der Waals surface area contributed by atoms with Gasteiger partial charge in [-0.15, -0.1) is 9.68 Å². The second-order valence-corrected chi connectivity index (χ2v) is 5.61. The molecule has 7 nitrogen and oxygen atoms in total. The van der Waals surface area contributed by atoms with Crippen LogP contribution in [0.4, 0.5) is 0 Å². The van der Waals surface area contributed by atoms with Gasteiger partial charge in [0.2, 0.25) is 11.5 Å². The van der Waals surface area contributed by atoms with Gasteiger partial charge in [0.05, 0.1) is 0 Å². The Morgan fingerprint density at radius 3 is 1.64 bits per heavy atom. The summed E-state index contributed by atoms with van der Waals surface area (Å²) in [7, 11) is 0. The second-order valence-electron chi connectivity index (χ2n) is 3.78. The first-order chi connectivity index (χ1) is 10.4. The maximum absolute atomic E-state index is 11.4. The molecule has 5 N–H and O–H groups in total. The van der Waals surface area contributed by atoms with Crippen molar-refractivity contribution >= 4 is 37.8 Å². The van der Waals surface area contributed by atoms with Crippen molar-refractivity contribution in [1.82, 2.24) is 0 Å². The predicted octanol–water partition coefficient (Wildman–Crippen LogP) is 3.12. The highest BCUT2D eigenvalue weighted by Crippen LogP contribution is 2.20. The third kappa shape index (κ3) is 7.60. The highest BCUT2D eigenvalue weighted by molar-refractivity contribution is 9.10. The van der Waals surface area contributed by atoms with Gasteiger partial charge in [-0.2, -0.15) is 0 Å². The van der Waals surface area contributed by atoms with E-state index in [2.05, 4.69) is 43.3 Å². The van der Waals surface area contributed by atoms with Gasteiger partial charge in [-0.05, 0) is 24.3 Å². The predicted molar refractivity (Wildman–Crippen MR) is 89.3 cm³/mol. The van der Waals surface area contributed by atoms with Crippen LogP contribution < -0.4 is 21.1 Å². The molecular weight excluding hydrogens is 420 g/mol. The minimum atomic E-state index is -0.333. The molecule has 9 heteroatoms. The lowest BCUT2D eigenvalue weighted by atomic mass is 10.3. The maximum Gasteiger partial charge on any atom is 0.489 e. The number of guanidine groups is 1. The summed E-state index contributed by atoms with van der Waals surface area (Å²) in [6.07, 6.45) is 0. The zero-order valence-electron chi connectivity index (χ0n) is 11.2. The van der Waals surface area contributed by atoms with E-state index in [0.717, 1.165) is 8.95 Å². The highest BCUT2D eigenvalue weighted by Gasteiger charge is 2.16. The van der Waals surface area contributed by atoms with Crippen LogP contribution in [0.5, 0.6) is 11.5 Å². The Labute approximate surface area is 143 Å². The first-order valence-corrected chi connectivity index (χ1v) is 7.39. The molecule has 0 aromatic heterocycles. The minimum Gasteiger partial charge on any atom is -0.370 e. The Bertz CT molecular complexity index is 614. The van der Waals surface area contributed by atoms with E-state index in [1.54, 1.807) is 36.4 Å². The summed E-state index contributed by atoms with van der Waals surface area (Å²) in [6.45, 7) is 0. The summed E-state index contributed by atoms with van der Waals surface area (Å²) in [5.41, 5.74) is 8.94. The van der Waals surface area contributed by atoms with Crippen molar-refractivity contribution in [3.63, 3.8) is 0 Å². The van der Waals surface area contributed by atoms with Crippen molar-refractivity contribution in [3.8, 4) is 11.5 Å². The third-order valence-electron chi connectivity index (χ3n) is 1.95. The van der Waals surface area contributed by atoms with Gasteiger partial charge in [0.25, 0.3) is 0 Å². The Hall–Kier alpha value is -2.13. The van der Waals surface area contributed by atoms with Crippen LogP contribution in [0.25, 0.3) is 0 Å². The molecule has 0 saturated carbocycles. The highest BCUT2D eigenvalue weighted by atomic mass is 79.9. The number of hydrogen-bond acceptors (Lipinski definition) is 4. The molecule has 0 aliphatic carbocycles. The molecule has 0 amide bonds. The van der Waals surface area contributed by atoms with E-state index in [-0.39, 0.29) is 11.0 Å². The molecule has 22 heavy (non-hydrogen) atoms. The SMILES string of the molecule is N=C(N)N.O=[N+](Oc1cccc(Br)c1)Oc1cccc(Br)c1. The van der Waals surface area contributed by atoms with Gasteiger partial charge < -0.3 is 11.5 Å². The monoisotopic (exact) mass is 431 g/mol. The summed E-state index contributed by atoms with van der Waals surface area (Å²) >= 11 is 6.56. The maximum atomic E-state index is 11.4. The molecule has 0 saturated heterocycles. The van der Waals surface area contributed by atoms with Crippen LogP contribution >= 0.6 is 31.9 Å². The van der Waals surface area contributed by atoms with Gasteiger partial charge in [-0.3, -0.25) is 5.41 Å². The number of rotatable bonds is 4. The van der Waals surface area contributed by atoms with Gasteiger partial charge in [-0.25, -0.2) is 0 Å². The molecule has 0 radical (unpaired) electrons. The van der Waals surface area contributed by atoms with Crippen molar-refractivity contribution < 1.29 is 14.8 Å². The number of nitrogens with zero attached hydrogens (tertiary/aromatic N) is 1. The average Bonchev–Trinajstić information content (AvgIpc) is 2.37. The molecule has 0 heterocycles. The molecular formula is C13H13Br2N4O3+. The number of hydrogen-bond donors (Lipinski definition) is 3. The summed E-state index contributed by atoms with van der Waals surface area (Å²) in [5, 5.41) is 6.11. The fraction of sp³-hybridized carbons (Fsp3) is 0. The lowest BCUT2D eigenvalue weighted by Gasteiger charge is -1.96. The van der Waals surface area contributed by atoms with Crippen LogP contribution in [0.3, 0.4) is 0 Å². The smallest absolute Gasteiger partial charge is 0.370 e. The molecule has 0 spiro atoms. The van der Waals surface area contributed by atoms with E-state index in [9.17, 15) is 4.91 Å². The standard InChI is InChI=1S/C12H8Br2NO3.CH5N3/c13-9-3-1-5-11(7-9)17-15(16)18-12-6-2-4-10(14)8-12;2-1(3)4/h1-8H;(H5,2,3,4)/q+1;. The van der Waals surface area contributed by atoms with E-state index in [1.807, 2.05) is 12.1 Å². The molecule has 0 fully saturated rings. The van der Waals surface area contributed by atoms with Gasteiger partial charge >= 0.3 is 5.09 Å². The molecule has 2 aromatic carbocycles. The molecule has 0 atom stereocenters. The van der Waals surface area contributed by atoms with E-state index in [1.165, 1.54) is 0 Å². The van der Waals surface area contributed by atoms with Crippen LogP contribution in [-0.4, -0.2) is 11.0 Å². The van der Waals surface area contributed by atoms with Crippen LogP contribution in [-0.2, 0) is 0 Å². The number of halogens is 2. The zero-order valence-corrected chi connectivity index (χ0v) is 14.4. The third-order valence-corrected chi connectivity index (χ3v) is 2.94. The second kappa shape index (κ2) is 9.00. The fourth-order valence-corrected chi connectivity index (χ4v) is 1.99. The van der Waals surface area contributed by atoms with Crippen LogP contribution in [0.1, 0.15) is 0 Å². The summed E-state index contributed by atoms with van der Waals surface area (Å²) in [5.74, 6) is 0.434. The zero-order chi connectivity index (χ0) is 16.5. The van der Waals surface area contributed by atoms with Crippen LogP contribution in [0.2, 0.25) is 0 Å². The molecule has 116 valence electrons. The molecule has 2 aromatic rings. The van der Waals surface area contributed by atoms with Gasteiger partial charge in [-0.1, -0.05) is 44.0 Å². The first kappa shape index (κ1) is 17.9. The summed E-state index contributed by atoms with van der Waals surface area (Å²) in [6, 6.07) is 13.8. The first-order valence-electron chi connectivity index (χ1n) is 5.80. The summed E-state index contributed by atoms with van der Waals surface area (Å²) < 4.78 is 1.63. The van der Waals surface area contributed by atoms with Crippen molar-refractivity contribution in [1.29, 1.82) is 5.41 Å². The molecule has 2 rings (SSSR count). The normalized spacial score (nSPS) is 9.18. The topological polar surface area (TPSA) is 114 Å². The molecule has 0 aliphatic rings. The Morgan fingerprint density at radius 1 is 0.955 bits per heavy atom. The van der Waals surface area contributed by atoms with E-state index >= 15 is 0 Å². The molecule has 0 aliphatic heterocycles. The minimum absolute atomic E-state index is 0.0591. The van der Waals surface area contributed by atoms with Gasteiger partial charge in [0.15, 0.2) is 5.96 Å². The van der Waals surface area contributed by atoms with Crippen LogP contribution in [0, 0.1) is 10.3 Å². The lowest BCUT2D eigenvalue weighted by Crippen LogP contribution is -2.20. The van der Waals surface area contributed by atoms with Crippen molar-refractivity contribution in [2.75, 3.05) is 0 Å². The quantitative estimate of drug-likeness (QED) is 0.390. The number of benzene rings is 2. The van der Waals surface area contributed by atoms with Crippen molar-refractivity contribution in [3.05, 3.63) is 62.4 Å². The average molecular weight is 433 g/mol. The Kier molecular flexibility index (Phi) is 7.33. The Balaban J connectivity index is 0.000000541. The van der Waals surface area contributed by atoms with E-state index in [0.29, 0.717) is 11.5 Å². The number of nitrogens with two attached hydrogens (primary N) is 2. The molecule has 0 unspecified atom stereocenters. The number of nitrogens with one attached hydrogen (secondary N) is 1. The largest absolute Gasteiger partial charge is 0.489 e. The van der Waals surface area contributed by atoms with Crippen molar-refractivity contribution in [2.24, 2.45) is 11.5 Å². The molecule has 0 bridgehead atoms. The fourth-order valence-electron chi connectivity index (χ4n) is 1.24. The Morgan fingerprint density at radius 2 is 1.32 bits per heavy atom. The lowest BCUT2D eigenvalue weighted by molar-refractivity contribution is -0.920. The summed E-state index contributed by atoms with van der Waals surface area (Å²) in [4.78, 5) is 21.3. The van der Waals surface area contributed by atoms with Crippen LogP contribution in [0.15, 0.2) is 57.5 Å².